The van der Waals surface area contributed by atoms with E-state index >= 15 is 0 Å². The highest BCUT2D eigenvalue weighted by atomic mass is 35.5. The van der Waals surface area contributed by atoms with Gasteiger partial charge in [0, 0.05) is 0 Å². The second-order valence-electron chi connectivity index (χ2n) is 4.19. The van der Waals surface area contributed by atoms with Crippen LogP contribution in [0.25, 0.3) is 0 Å². The predicted molar refractivity (Wildman–Crippen MR) is 72.2 cm³/mol. The molecule has 0 atom stereocenters. The van der Waals surface area contributed by atoms with Gasteiger partial charge >= 0.3 is 0 Å². The first kappa shape index (κ1) is 12.6. The zero-order chi connectivity index (χ0) is 13.3. The average Bonchev–Trinajstić information content (AvgIpc) is 2.30. The Bertz CT molecular complexity index is 599. The Hall–Kier alpha value is -1.81. The van der Waals surface area contributed by atoms with Crippen molar-refractivity contribution < 1.29 is 4.74 Å². The van der Waals surface area contributed by atoms with Crippen molar-refractivity contribution in [3.05, 3.63) is 40.0 Å². The second kappa shape index (κ2) is 4.82. The van der Waals surface area contributed by atoms with Crippen molar-refractivity contribution in [2.75, 3.05) is 5.73 Å². The van der Waals surface area contributed by atoms with Gasteiger partial charge in [-0.1, -0.05) is 17.7 Å². The Labute approximate surface area is 111 Å². The molecule has 1 heterocycles. The first-order valence-electron chi connectivity index (χ1n) is 5.51. The van der Waals surface area contributed by atoms with Crippen molar-refractivity contribution in [3.8, 4) is 11.6 Å². The number of halogens is 1. The van der Waals surface area contributed by atoms with Gasteiger partial charge in [0.15, 0.2) is 0 Å². The quantitative estimate of drug-likeness (QED) is 0.902. The molecular weight excluding hydrogens is 250 g/mol. The van der Waals surface area contributed by atoms with Gasteiger partial charge in [0.05, 0.1) is 6.20 Å². The van der Waals surface area contributed by atoms with E-state index in [-0.39, 0.29) is 11.8 Å². The van der Waals surface area contributed by atoms with E-state index in [2.05, 4.69) is 16.0 Å². The molecule has 1 aromatic heterocycles. The maximum absolute atomic E-state index is 5.97. The molecule has 5 heteroatoms. The molecule has 0 amide bonds. The topological polar surface area (TPSA) is 61.0 Å². The molecule has 0 aliphatic carbocycles. The molecule has 0 radical (unpaired) electrons. The van der Waals surface area contributed by atoms with Crippen molar-refractivity contribution in [2.45, 2.75) is 20.8 Å². The van der Waals surface area contributed by atoms with Gasteiger partial charge in [0.25, 0.3) is 0 Å². The maximum atomic E-state index is 5.97. The van der Waals surface area contributed by atoms with Gasteiger partial charge in [-0.2, -0.15) is 4.98 Å². The van der Waals surface area contributed by atoms with Crippen LogP contribution in [0.2, 0.25) is 5.02 Å². The predicted octanol–water partition coefficient (Wildman–Crippen LogP) is 3.43. The lowest BCUT2D eigenvalue weighted by atomic mass is 10.1. The minimum Gasteiger partial charge on any atom is -0.437 e. The molecule has 2 N–H and O–H groups in total. The largest absolute Gasteiger partial charge is 0.437 e. The lowest BCUT2D eigenvalue weighted by Gasteiger charge is -2.12. The molecule has 94 valence electrons. The maximum Gasteiger partial charge on any atom is 0.243 e. The van der Waals surface area contributed by atoms with Crippen molar-refractivity contribution in [1.82, 2.24) is 9.97 Å². The van der Waals surface area contributed by atoms with Crippen LogP contribution in [-0.4, -0.2) is 9.97 Å². The lowest BCUT2D eigenvalue weighted by molar-refractivity contribution is 0.458. The van der Waals surface area contributed by atoms with E-state index in [1.54, 1.807) is 0 Å². The minimum absolute atomic E-state index is 0.136. The second-order valence-corrected chi connectivity index (χ2v) is 4.60. The Balaban J connectivity index is 2.43. The summed E-state index contributed by atoms with van der Waals surface area (Å²) in [5.74, 6) is 1.14. The van der Waals surface area contributed by atoms with Gasteiger partial charge in [0.1, 0.15) is 10.8 Å². The van der Waals surface area contributed by atoms with Crippen LogP contribution in [0.15, 0.2) is 18.3 Å². The van der Waals surface area contributed by atoms with Gasteiger partial charge < -0.3 is 10.5 Å². The van der Waals surface area contributed by atoms with Crippen LogP contribution < -0.4 is 10.5 Å². The number of nitrogens with zero attached hydrogens (tertiary/aromatic N) is 2. The molecular formula is C13H14ClN3O. The van der Waals surface area contributed by atoms with Crippen molar-refractivity contribution in [3.63, 3.8) is 0 Å². The Kier molecular flexibility index (Phi) is 3.39. The number of hydrogen-bond donors (Lipinski definition) is 1. The molecule has 0 spiro atoms. The number of ether oxygens (including phenoxy) is 1. The molecule has 0 unspecified atom stereocenters. The first-order valence-corrected chi connectivity index (χ1v) is 5.89. The van der Waals surface area contributed by atoms with Gasteiger partial charge in [-0.15, -0.1) is 0 Å². The lowest BCUT2D eigenvalue weighted by Crippen LogP contribution is -1.99. The normalized spacial score (nSPS) is 10.4. The van der Waals surface area contributed by atoms with Crippen LogP contribution in [0.3, 0.4) is 0 Å². The number of benzene rings is 1. The molecule has 1 aromatic carbocycles. The third-order valence-corrected chi connectivity index (χ3v) is 2.96. The summed E-state index contributed by atoms with van der Waals surface area (Å²) in [6.07, 6.45) is 1.43. The molecule has 0 saturated carbocycles. The van der Waals surface area contributed by atoms with Crippen LogP contribution in [0, 0.1) is 20.8 Å². The standard InChI is InChI=1S/C13H14ClN3O/c1-7-4-8(2)9(3)11(5-7)18-12-10(14)6-16-13(15)17-12/h4-6H,1-3H3,(H2,15,16,17). The number of aromatic nitrogens is 2. The fourth-order valence-electron chi connectivity index (χ4n) is 1.65. The van der Waals surface area contributed by atoms with Gasteiger partial charge in [-0.3, -0.25) is 0 Å². The summed E-state index contributed by atoms with van der Waals surface area (Å²) >= 11 is 5.97. The van der Waals surface area contributed by atoms with Crippen LogP contribution in [-0.2, 0) is 0 Å². The zero-order valence-electron chi connectivity index (χ0n) is 10.5. The van der Waals surface area contributed by atoms with E-state index in [0.29, 0.717) is 5.02 Å². The van der Waals surface area contributed by atoms with Gasteiger partial charge in [0.2, 0.25) is 11.8 Å². The summed E-state index contributed by atoms with van der Waals surface area (Å²) in [7, 11) is 0. The van der Waals surface area contributed by atoms with E-state index in [0.717, 1.165) is 22.4 Å². The summed E-state index contributed by atoms with van der Waals surface area (Å²) in [6.45, 7) is 6.03. The number of nitrogens with two attached hydrogens (primary N) is 1. The van der Waals surface area contributed by atoms with E-state index in [1.165, 1.54) is 6.20 Å². The SMILES string of the molecule is Cc1cc(C)c(C)c(Oc2nc(N)ncc2Cl)c1. The number of aryl methyl sites for hydroxylation is 2. The van der Waals surface area contributed by atoms with Crippen LogP contribution in [0.4, 0.5) is 5.95 Å². The van der Waals surface area contributed by atoms with Crippen molar-refractivity contribution in [2.24, 2.45) is 0 Å². The van der Waals surface area contributed by atoms with Crippen molar-refractivity contribution >= 4 is 17.5 Å². The molecule has 0 bridgehead atoms. The fraction of sp³-hybridized carbons (Fsp3) is 0.231. The monoisotopic (exact) mass is 263 g/mol. The number of anilines is 1. The summed E-state index contributed by atoms with van der Waals surface area (Å²) < 4.78 is 5.72. The first-order chi connectivity index (χ1) is 8.47. The zero-order valence-corrected chi connectivity index (χ0v) is 11.2. The Morgan fingerprint density at radius 3 is 2.67 bits per heavy atom. The van der Waals surface area contributed by atoms with Crippen LogP contribution in [0.1, 0.15) is 16.7 Å². The molecule has 0 aliphatic rings. The highest BCUT2D eigenvalue weighted by Gasteiger charge is 2.10. The van der Waals surface area contributed by atoms with Crippen LogP contribution >= 0.6 is 11.6 Å². The molecule has 0 aliphatic heterocycles. The molecule has 2 rings (SSSR count). The smallest absolute Gasteiger partial charge is 0.243 e. The summed E-state index contributed by atoms with van der Waals surface area (Å²) in [4.78, 5) is 7.77. The Morgan fingerprint density at radius 2 is 1.94 bits per heavy atom. The highest BCUT2D eigenvalue weighted by molar-refractivity contribution is 6.31. The summed E-state index contributed by atoms with van der Waals surface area (Å²) in [5, 5.41) is 0.336. The van der Waals surface area contributed by atoms with E-state index in [4.69, 9.17) is 22.1 Å². The molecule has 0 saturated heterocycles. The minimum atomic E-state index is 0.136. The molecule has 18 heavy (non-hydrogen) atoms. The number of rotatable bonds is 2. The van der Waals surface area contributed by atoms with E-state index < -0.39 is 0 Å². The van der Waals surface area contributed by atoms with E-state index in [1.807, 2.05) is 26.8 Å². The number of nitrogen functional groups attached to an aromatic ring is 1. The molecule has 2 aromatic rings. The fourth-order valence-corrected chi connectivity index (χ4v) is 1.78. The third-order valence-electron chi connectivity index (χ3n) is 2.70. The summed E-state index contributed by atoms with van der Waals surface area (Å²) in [5.41, 5.74) is 8.84. The highest BCUT2D eigenvalue weighted by Crippen LogP contribution is 2.31. The third kappa shape index (κ3) is 2.54. The average molecular weight is 264 g/mol. The number of hydrogen-bond acceptors (Lipinski definition) is 4. The van der Waals surface area contributed by atoms with Gasteiger partial charge in [-0.05, 0) is 43.5 Å². The van der Waals surface area contributed by atoms with Crippen molar-refractivity contribution in [1.29, 1.82) is 0 Å². The Morgan fingerprint density at radius 1 is 1.22 bits per heavy atom. The van der Waals surface area contributed by atoms with E-state index in [9.17, 15) is 0 Å². The van der Waals surface area contributed by atoms with Gasteiger partial charge in [-0.25, -0.2) is 4.98 Å². The summed E-state index contributed by atoms with van der Waals surface area (Å²) in [6, 6.07) is 4.04. The molecule has 4 nitrogen and oxygen atoms in total. The molecule has 0 fully saturated rings. The van der Waals surface area contributed by atoms with Crippen LogP contribution in [0.5, 0.6) is 11.6 Å².